The molecule has 0 heterocycles. The van der Waals surface area contributed by atoms with Gasteiger partial charge in [-0.05, 0) is 43.5 Å². The maximum atomic E-state index is 11.2. The van der Waals surface area contributed by atoms with Crippen molar-refractivity contribution in [1.82, 2.24) is 0 Å². The topological polar surface area (TPSA) is 61.5 Å². The largest absolute Gasteiger partial charge is 0.482 e. The van der Waals surface area contributed by atoms with Gasteiger partial charge in [-0.15, -0.1) is 0 Å². The molecule has 0 aliphatic rings. The Hall–Kier alpha value is -1.07. The van der Waals surface area contributed by atoms with Crippen LogP contribution in [0.3, 0.4) is 0 Å². The van der Waals surface area contributed by atoms with Crippen LogP contribution in [0.1, 0.15) is 25.8 Å². The van der Waals surface area contributed by atoms with Crippen molar-refractivity contribution in [3.63, 3.8) is 0 Å². The van der Waals surface area contributed by atoms with Crippen molar-refractivity contribution in [1.29, 1.82) is 0 Å². The summed E-state index contributed by atoms with van der Waals surface area (Å²) < 4.78 is 11.2. The molecule has 0 bridgehead atoms. The third kappa shape index (κ3) is 5.61. The lowest BCUT2D eigenvalue weighted by Crippen LogP contribution is -2.21. The van der Waals surface area contributed by atoms with Crippen molar-refractivity contribution in [2.45, 2.75) is 32.7 Å². The summed E-state index contributed by atoms with van der Waals surface area (Å²) in [5.41, 5.74) is 7.03. The predicted molar refractivity (Wildman–Crippen MR) is 78.2 cm³/mol. The Morgan fingerprint density at radius 3 is 2.79 bits per heavy atom. The van der Waals surface area contributed by atoms with E-state index >= 15 is 0 Å². The summed E-state index contributed by atoms with van der Waals surface area (Å²) in [4.78, 5) is 11.2. The van der Waals surface area contributed by atoms with Gasteiger partial charge in [-0.2, -0.15) is 0 Å². The zero-order chi connectivity index (χ0) is 14.3. The summed E-state index contributed by atoms with van der Waals surface area (Å²) in [5.74, 6) is 0.284. The maximum Gasteiger partial charge on any atom is 0.344 e. The molecule has 0 aliphatic heterocycles. The first kappa shape index (κ1) is 16.0. The van der Waals surface area contributed by atoms with Crippen LogP contribution in [0.15, 0.2) is 22.7 Å². The van der Waals surface area contributed by atoms with Gasteiger partial charge in [0.2, 0.25) is 0 Å². The lowest BCUT2D eigenvalue weighted by molar-refractivity contribution is -0.145. The van der Waals surface area contributed by atoms with E-state index in [0.717, 1.165) is 22.9 Å². The highest BCUT2D eigenvalue weighted by Gasteiger charge is 2.08. The number of carbonyl (C=O) groups is 1. The Bertz CT molecular complexity index is 423. The first-order valence-corrected chi connectivity index (χ1v) is 7.18. The second-order valence-corrected chi connectivity index (χ2v) is 5.07. The number of ether oxygens (including phenoxy) is 2. The smallest absolute Gasteiger partial charge is 0.344 e. The van der Waals surface area contributed by atoms with E-state index in [0.29, 0.717) is 12.4 Å². The van der Waals surface area contributed by atoms with Gasteiger partial charge in [0.25, 0.3) is 0 Å². The summed E-state index contributed by atoms with van der Waals surface area (Å²) in [6.07, 6.45) is 1.69. The van der Waals surface area contributed by atoms with Crippen molar-refractivity contribution in [3.8, 4) is 5.75 Å². The first-order chi connectivity index (χ1) is 9.06. The van der Waals surface area contributed by atoms with Gasteiger partial charge in [-0.3, -0.25) is 0 Å². The average Bonchev–Trinajstić information content (AvgIpc) is 2.39. The Morgan fingerprint density at radius 2 is 2.16 bits per heavy atom. The molecule has 0 radical (unpaired) electrons. The molecule has 0 aromatic heterocycles. The molecule has 1 unspecified atom stereocenters. The zero-order valence-corrected chi connectivity index (χ0v) is 12.9. The third-order valence-corrected chi connectivity index (χ3v) is 3.46. The van der Waals surface area contributed by atoms with Crippen LogP contribution in [-0.2, 0) is 16.0 Å². The monoisotopic (exact) mass is 329 g/mol. The minimum atomic E-state index is -0.364. The fourth-order valence-electron chi connectivity index (χ4n) is 1.57. The zero-order valence-electron chi connectivity index (χ0n) is 11.3. The number of hydrogen-bond acceptors (Lipinski definition) is 4. The van der Waals surface area contributed by atoms with E-state index in [4.69, 9.17) is 15.2 Å². The Morgan fingerprint density at radius 1 is 1.42 bits per heavy atom. The fourth-order valence-corrected chi connectivity index (χ4v) is 1.98. The minimum absolute atomic E-state index is 0.0747. The second kappa shape index (κ2) is 8.17. The number of carbonyl (C=O) groups excluding carboxylic acids is 1. The van der Waals surface area contributed by atoms with E-state index in [1.807, 2.05) is 18.2 Å². The lowest BCUT2D eigenvalue weighted by Gasteiger charge is -2.12. The van der Waals surface area contributed by atoms with Crippen molar-refractivity contribution < 1.29 is 14.3 Å². The summed E-state index contributed by atoms with van der Waals surface area (Å²) in [7, 11) is 0. The molecular formula is C14H20BrNO3. The highest BCUT2D eigenvalue weighted by Crippen LogP contribution is 2.24. The molecule has 0 saturated carbocycles. The molecule has 1 atom stereocenters. The van der Waals surface area contributed by atoms with Crippen LogP contribution < -0.4 is 10.5 Å². The average molecular weight is 330 g/mol. The Balaban J connectivity index is 2.65. The Labute approximate surface area is 122 Å². The molecular weight excluding hydrogens is 310 g/mol. The molecule has 5 heteroatoms. The Kier molecular flexibility index (Phi) is 6.87. The molecule has 1 aromatic carbocycles. The molecule has 4 nitrogen and oxygen atoms in total. The molecule has 0 saturated heterocycles. The van der Waals surface area contributed by atoms with Crippen LogP contribution in [0, 0.1) is 0 Å². The predicted octanol–water partition coefficient (Wildman–Crippen LogP) is 2.67. The molecule has 2 N–H and O–H groups in total. The van der Waals surface area contributed by atoms with Gasteiger partial charge >= 0.3 is 5.97 Å². The number of hydrogen-bond donors (Lipinski definition) is 1. The number of halogens is 1. The number of benzene rings is 1. The third-order valence-electron chi connectivity index (χ3n) is 2.69. The summed E-state index contributed by atoms with van der Waals surface area (Å²) >= 11 is 3.49. The van der Waals surface area contributed by atoms with E-state index in [-0.39, 0.29) is 18.6 Å². The lowest BCUT2D eigenvalue weighted by atomic mass is 10.0. The van der Waals surface area contributed by atoms with Crippen molar-refractivity contribution in [2.24, 2.45) is 5.73 Å². The molecule has 0 spiro atoms. The highest BCUT2D eigenvalue weighted by atomic mass is 79.9. The summed E-state index contributed by atoms with van der Waals surface area (Å²) in [6, 6.07) is 5.73. The van der Waals surface area contributed by atoms with Gasteiger partial charge in [-0.1, -0.05) is 22.9 Å². The molecule has 0 amide bonds. The van der Waals surface area contributed by atoms with Gasteiger partial charge in [0.1, 0.15) is 5.75 Å². The van der Waals surface area contributed by atoms with Gasteiger partial charge in [0.05, 0.1) is 6.61 Å². The molecule has 1 aromatic rings. The number of rotatable bonds is 7. The van der Waals surface area contributed by atoms with Crippen molar-refractivity contribution in [3.05, 3.63) is 28.2 Å². The molecule has 19 heavy (non-hydrogen) atoms. The fraction of sp³-hybridized carbons (Fsp3) is 0.500. The highest BCUT2D eigenvalue weighted by molar-refractivity contribution is 9.10. The van der Waals surface area contributed by atoms with Crippen LogP contribution in [-0.4, -0.2) is 25.2 Å². The van der Waals surface area contributed by atoms with E-state index in [9.17, 15) is 4.79 Å². The normalized spacial score (nSPS) is 12.0. The maximum absolute atomic E-state index is 11.2. The van der Waals surface area contributed by atoms with E-state index in [1.54, 1.807) is 6.92 Å². The quantitative estimate of drug-likeness (QED) is 0.781. The van der Waals surface area contributed by atoms with Gasteiger partial charge < -0.3 is 15.2 Å². The van der Waals surface area contributed by atoms with Crippen LogP contribution in [0.5, 0.6) is 5.75 Å². The minimum Gasteiger partial charge on any atom is -0.482 e. The molecule has 0 fully saturated rings. The molecule has 106 valence electrons. The first-order valence-electron chi connectivity index (χ1n) is 6.39. The van der Waals surface area contributed by atoms with Crippen LogP contribution in [0.4, 0.5) is 0 Å². The second-order valence-electron chi connectivity index (χ2n) is 4.22. The standard InChI is InChI=1S/C14H20BrNO3/c1-3-11(16)7-10-8-12(5-6-13(10)15)19-9-14(17)18-4-2/h5-6,8,11H,3-4,7,9,16H2,1-2H3. The van der Waals surface area contributed by atoms with Crippen molar-refractivity contribution in [2.75, 3.05) is 13.2 Å². The van der Waals surface area contributed by atoms with Gasteiger partial charge in [0, 0.05) is 10.5 Å². The number of esters is 1. The molecule has 1 rings (SSSR count). The van der Waals surface area contributed by atoms with Crippen molar-refractivity contribution >= 4 is 21.9 Å². The van der Waals surface area contributed by atoms with Gasteiger partial charge in [-0.25, -0.2) is 4.79 Å². The van der Waals surface area contributed by atoms with E-state index < -0.39 is 0 Å². The van der Waals surface area contributed by atoms with E-state index in [2.05, 4.69) is 22.9 Å². The van der Waals surface area contributed by atoms with Crippen LogP contribution in [0.2, 0.25) is 0 Å². The van der Waals surface area contributed by atoms with Crippen LogP contribution in [0.25, 0.3) is 0 Å². The number of nitrogens with two attached hydrogens (primary N) is 1. The van der Waals surface area contributed by atoms with Gasteiger partial charge in [0.15, 0.2) is 6.61 Å². The van der Waals surface area contributed by atoms with Crippen LogP contribution >= 0.6 is 15.9 Å². The van der Waals surface area contributed by atoms with E-state index in [1.165, 1.54) is 0 Å². The SMILES string of the molecule is CCOC(=O)COc1ccc(Br)c(CC(N)CC)c1. The summed E-state index contributed by atoms with van der Waals surface area (Å²) in [6.45, 7) is 4.11. The molecule has 0 aliphatic carbocycles. The summed E-state index contributed by atoms with van der Waals surface area (Å²) in [5, 5.41) is 0.